The lowest BCUT2D eigenvalue weighted by atomic mass is 10.3. The summed E-state index contributed by atoms with van der Waals surface area (Å²) in [5, 5.41) is 12.2. The van der Waals surface area contributed by atoms with Crippen molar-refractivity contribution in [3.05, 3.63) is 36.4 Å². The van der Waals surface area contributed by atoms with Crippen molar-refractivity contribution in [1.82, 2.24) is 24.9 Å². The average Bonchev–Trinajstić information content (AvgIpc) is 2.96. The van der Waals surface area contributed by atoms with Crippen LogP contribution in [-0.2, 0) is 13.1 Å². The lowest BCUT2D eigenvalue weighted by molar-refractivity contribution is 0.444. The van der Waals surface area contributed by atoms with Crippen LogP contribution < -0.4 is 5.32 Å². The fourth-order valence-electron chi connectivity index (χ4n) is 1.79. The molecule has 0 aliphatic carbocycles. The van der Waals surface area contributed by atoms with Crippen LogP contribution in [-0.4, -0.2) is 25.6 Å². The lowest BCUT2D eigenvalue weighted by Gasteiger charge is -2.12. The molecule has 5 nitrogen and oxygen atoms in total. The molecule has 2 aromatic heterocycles. The minimum absolute atomic E-state index is 0.370. The van der Waals surface area contributed by atoms with Gasteiger partial charge < -0.3 is 5.32 Å². The van der Waals surface area contributed by atoms with E-state index >= 15 is 0 Å². The van der Waals surface area contributed by atoms with Gasteiger partial charge in [0.05, 0.1) is 12.2 Å². The van der Waals surface area contributed by atoms with Gasteiger partial charge >= 0.3 is 0 Å². The fraction of sp³-hybridized carbons (Fsp3) is 0.538. The molecule has 2 aromatic rings. The summed E-state index contributed by atoms with van der Waals surface area (Å²) in [5.74, 6) is 0. The van der Waals surface area contributed by atoms with E-state index in [1.165, 1.54) is 0 Å². The highest BCUT2D eigenvalue weighted by Gasteiger charge is 2.05. The van der Waals surface area contributed by atoms with E-state index in [9.17, 15) is 0 Å². The minimum atomic E-state index is 0.370. The van der Waals surface area contributed by atoms with Crippen molar-refractivity contribution in [3.63, 3.8) is 0 Å². The highest BCUT2D eigenvalue weighted by Crippen LogP contribution is 2.04. The molecule has 1 N–H and O–H groups in total. The molecule has 0 saturated carbocycles. The molecule has 18 heavy (non-hydrogen) atoms. The highest BCUT2D eigenvalue weighted by molar-refractivity contribution is 4.99. The zero-order valence-corrected chi connectivity index (χ0v) is 11.2. The molecule has 0 bridgehead atoms. The van der Waals surface area contributed by atoms with Crippen LogP contribution in [0.3, 0.4) is 0 Å². The topological polar surface area (TPSA) is 47.7 Å². The molecule has 1 atom stereocenters. The average molecular weight is 247 g/mol. The van der Waals surface area contributed by atoms with E-state index < -0.39 is 0 Å². The summed E-state index contributed by atoms with van der Waals surface area (Å²) >= 11 is 0. The molecule has 0 aromatic carbocycles. The van der Waals surface area contributed by atoms with Crippen LogP contribution in [0, 0.1) is 0 Å². The highest BCUT2D eigenvalue weighted by atomic mass is 15.3. The van der Waals surface area contributed by atoms with E-state index in [1.807, 2.05) is 27.8 Å². The SMILES string of the molecule is CC(Cn1cccn1)NCc1ccn(C(C)C)n1. The second-order valence-electron chi connectivity index (χ2n) is 4.89. The fourth-order valence-corrected chi connectivity index (χ4v) is 1.79. The predicted molar refractivity (Wildman–Crippen MR) is 71.1 cm³/mol. The number of nitrogens with one attached hydrogen (secondary N) is 1. The van der Waals surface area contributed by atoms with Crippen molar-refractivity contribution in [1.29, 1.82) is 0 Å². The van der Waals surface area contributed by atoms with Crippen LogP contribution in [0.4, 0.5) is 0 Å². The van der Waals surface area contributed by atoms with Crippen LogP contribution >= 0.6 is 0 Å². The summed E-state index contributed by atoms with van der Waals surface area (Å²) in [6.07, 6.45) is 5.81. The quantitative estimate of drug-likeness (QED) is 0.847. The van der Waals surface area contributed by atoms with Gasteiger partial charge in [0, 0.05) is 37.2 Å². The van der Waals surface area contributed by atoms with Crippen LogP contribution in [0.5, 0.6) is 0 Å². The lowest BCUT2D eigenvalue weighted by Crippen LogP contribution is -2.30. The molecule has 0 radical (unpaired) electrons. The standard InChI is InChI=1S/C13H21N5/c1-11(2)18-8-5-13(16-18)9-14-12(3)10-17-7-4-6-15-17/h4-8,11-12,14H,9-10H2,1-3H3. The summed E-state index contributed by atoms with van der Waals surface area (Å²) in [6.45, 7) is 8.08. The Morgan fingerprint density at radius 1 is 1.28 bits per heavy atom. The normalized spacial score (nSPS) is 13.1. The first-order valence-electron chi connectivity index (χ1n) is 6.40. The zero-order chi connectivity index (χ0) is 13.0. The molecular formula is C13H21N5. The Morgan fingerprint density at radius 3 is 2.72 bits per heavy atom. The third-order valence-electron chi connectivity index (χ3n) is 2.84. The Hall–Kier alpha value is -1.62. The van der Waals surface area contributed by atoms with Crippen molar-refractivity contribution in [2.75, 3.05) is 0 Å². The van der Waals surface area contributed by atoms with Gasteiger partial charge in [-0.25, -0.2) is 0 Å². The number of aromatic nitrogens is 4. The van der Waals surface area contributed by atoms with E-state index in [0.717, 1.165) is 18.8 Å². The number of hydrogen-bond acceptors (Lipinski definition) is 3. The van der Waals surface area contributed by atoms with Gasteiger partial charge in [-0.15, -0.1) is 0 Å². The Morgan fingerprint density at radius 2 is 2.11 bits per heavy atom. The van der Waals surface area contributed by atoms with E-state index in [0.29, 0.717) is 12.1 Å². The van der Waals surface area contributed by atoms with Gasteiger partial charge in [0.1, 0.15) is 0 Å². The predicted octanol–water partition coefficient (Wildman–Crippen LogP) is 1.84. The first kappa shape index (κ1) is 12.8. The summed E-state index contributed by atoms with van der Waals surface area (Å²) in [4.78, 5) is 0. The second kappa shape index (κ2) is 5.82. The Bertz CT molecular complexity index is 457. The molecule has 0 aliphatic rings. The van der Waals surface area contributed by atoms with Crippen LogP contribution in [0.2, 0.25) is 0 Å². The van der Waals surface area contributed by atoms with Crippen molar-refractivity contribution in [3.8, 4) is 0 Å². The van der Waals surface area contributed by atoms with Crippen LogP contribution in [0.25, 0.3) is 0 Å². The van der Waals surface area contributed by atoms with E-state index in [4.69, 9.17) is 0 Å². The van der Waals surface area contributed by atoms with Gasteiger partial charge in [0.2, 0.25) is 0 Å². The monoisotopic (exact) mass is 247 g/mol. The molecule has 0 fully saturated rings. The Kier molecular flexibility index (Phi) is 4.15. The first-order valence-corrected chi connectivity index (χ1v) is 6.40. The summed E-state index contributed by atoms with van der Waals surface area (Å²) in [7, 11) is 0. The van der Waals surface area contributed by atoms with Gasteiger partial charge in [-0.1, -0.05) is 0 Å². The maximum Gasteiger partial charge on any atom is 0.0762 e. The van der Waals surface area contributed by atoms with Crippen molar-refractivity contribution in [2.24, 2.45) is 0 Å². The molecule has 0 saturated heterocycles. The zero-order valence-electron chi connectivity index (χ0n) is 11.2. The van der Waals surface area contributed by atoms with Crippen molar-refractivity contribution < 1.29 is 0 Å². The third kappa shape index (κ3) is 3.43. The maximum absolute atomic E-state index is 4.51. The van der Waals surface area contributed by atoms with Gasteiger partial charge in [-0.3, -0.25) is 9.36 Å². The van der Waals surface area contributed by atoms with E-state index in [2.05, 4.69) is 42.4 Å². The molecule has 5 heteroatoms. The summed E-state index contributed by atoms with van der Waals surface area (Å²) in [5.41, 5.74) is 1.08. The molecule has 0 spiro atoms. The molecule has 2 rings (SSSR count). The summed E-state index contributed by atoms with van der Waals surface area (Å²) in [6, 6.07) is 4.79. The molecule has 0 aliphatic heterocycles. The Labute approximate surface area is 108 Å². The van der Waals surface area contributed by atoms with Gasteiger partial charge in [-0.05, 0) is 32.9 Å². The second-order valence-corrected chi connectivity index (χ2v) is 4.89. The molecule has 98 valence electrons. The third-order valence-corrected chi connectivity index (χ3v) is 2.84. The van der Waals surface area contributed by atoms with E-state index in [1.54, 1.807) is 6.20 Å². The minimum Gasteiger partial charge on any atom is -0.307 e. The van der Waals surface area contributed by atoms with Crippen LogP contribution in [0.1, 0.15) is 32.5 Å². The number of rotatable bonds is 6. The van der Waals surface area contributed by atoms with Crippen molar-refractivity contribution >= 4 is 0 Å². The van der Waals surface area contributed by atoms with Crippen LogP contribution in [0.15, 0.2) is 30.7 Å². The first-order chi connectivity index (χ1) is 8.65. The van der Waals surface area contributed by atoms with E-state index in [-0.39, 0.29) is 0 Å². The smallest absolute Gasteiger partial charge is 0.0762 e. The molecule has 0 amide bonds. The largest absolute Gasteiger partial charge is 0.307 e. The summed E-state index contributed by atoms with van der Waals surface area (Å²) < 4.78 is 3.92. The Balaban J connectivity index is 1.79. The number of nitrogens with zero attached hydrogens (tertiary/aromatic N) is 4. The van der Waals surface area contributed by atoms with Gasteiger partial charge in [-0.2, -0.15) is 10.2 Å². The number of hydrogen-bond donors (Lipinski definition) is 1. The van der Waals surface area contributed by atoms with Gasteiger partial charge in [0.15, 0.2) is 0 Å². The maximum atomic E-state index is 4.51. The van der Waals surface area contributed by atoms with Crippen molar-refractivity contribution in [2.45, 2.75) is 45.9 Å². The molecular weight excluding hydrogens is 226 g/mol. The van der Waals surface area contributed by atoms with Gasteiger partial charge in [0.25, 0.3) is 0 Å². The molecule has 1 unspecified atom stereocenters. The molecule has 2 heterocycles.